The van der Waals surface area contributed by atoms with Gasteiger partial charge in [-0.1, -0.05) is 97.1 Å². The van der Waals surface area contributed by atoms with E-state index in [0.29, 0.717) is 5.88 Å². The van der Waals surface area contributed by atoms with Crippen molar-refractivity contribution in [2.45, 2.75) is 26.2 Å². The van der Waals surface area contributed by atoms with Gasteiger partial charge in [0.15, 0.2) is 5.78 Å². The van der Waals surface area contributed by atoms with Crippen molar-refractivity contribution in [1.29, 1.82) is 0 Å². The number of benzene rings is 3. The Kier molecular flexibility index (Phi) is 9.94. The summed E-state index contributed by atoms with van der Waals surface area (Å²) in [6, 6.07) is 29.5. The van der Waals surface area contributed by atoms with Crippen LogP contribution in [0.5, 0.6) is 0 Å². The SMILES string of the molecule is CCOC(=O)C(C(=O)/C=C/CCCCCl)=P(c1ccccc1)(c1ccccc1)c1ccccc1. The number of halogens is 1. The molecule has 3 aromatic carbocycles. The quantitative estimate of drug-likeness (QED) is 0.0916. The fourth-order valence-electron chi connectivity index (χ4n) is 4.02. The van der Waals surface area contributed by atoms with Crippen LogP contribution in [0.15, 0.2) is 103 Å². The van der Waals surface area contributed by atoms with E-state index in [0.717, 1.165) is 35.2 Å². The highest BCUT2D eigenvalue weighted by Gasteiger charge is 2.36. The summed E-state index contributed by atoms with van der Waals surface area (Å²) >= 11 is 5.78. The molecule has 0 radical (unpaired) electrons. The summed E-state index contributed by atoms with van der Waals surface area (Å²) in [5, 5.41) is 2.98. The number of alkyl halides is 1. The molecule has 0 saturated carbocycles. The van der Waals surface area contributed by atoms with Crippen LogP contribution >= 0.6 is 18.5 Å². The number of hydrogen-bond acceptors (Lipinski definition) is 3. The van der Waals surface area contributed by atoms with Gasteiger partial charge in [0, 0.05) is 5.88 Å². The molecule has 3 nitrogen and oxygen atoms in total. The Hall–Kier alpha value is -2.87. The second-order valence-corrected chi connectivity index (χ2v) is 11.4. The lowest BCUT2D eigenvalue weighted by Gasteiger charge is -2.31. The molecule has 0 fully saturated rings. The Bertz CT molecular complexity index is 1050. The Morgan fingerprint density at radius 1 is 0.794 bits per heavy atom. The van der Waals surface area contributed by atoms with E-state index in [1.54, 1.807) is 6.92 Å². The Labute approximate surface area is 207 Å². The van der Waals surface area contributed by atoms with Gasteiger partial charge in [0.1, 0.15) is 5.29 Å². The minimum Gasteiger partial charge on any atom is -0.462 e. The molecule has 3 rings (SSSR count). The van der Waals surface area contributed by atoms with Crippen molar-refractivity contribution in [3.05, 3.63) is 103 Å². The summed E-state index contributed by atoms with van der Waals surface area (Å²) in [7, 11) is 0. The maximum absolute atomic E-state index is 13.8. The Morgan fingerprint density at radius 2 is 1.26 bits per heavy atom. The summed E-state index contributed by atoms with van der Waals surface area (Å²) in [5.41, 5.74) is 0. The molecule has 34 heavy (non-hydrogen) atoms. The molecule has 0 N–H and O–H groups in total. The minimum atomic E-state index is -2.85. The second-order valence-electron chi connectivity index (χ2n) is 7.70. The van der Waals surface area contributed by atoms with Crippen molar-refractivity contribution in [3.63, 3.8) is 0 Å². The molecule has 0 saturated heterocycles. The topological polar surface area (TPSA) is 43.4 Å². The van der Waals surface area contributed by atoms with E-state index >= 15 is 0 Å². The molecule has 0 amide bonds. The van der Waals surface area contributed by atoms with Crippen LogP contribution in [0, 0.1) is 0 Å². The standard InChI is InChI=1S/C29H30ClO3P/c1-2-33-29(32)28(27(31)22-14-3-4-15-23-30)34(24-16-8-5-9-17-24,25-18-10-6-11-19-25)26-20-12-7-13-21-26/h5-14,16-22H,2-4,15,23H2,1H3/b22-14+. The van der Waals surface area contributed by atoms with Gasteiger partial charge in [0.2, 0.25) is 0 Å². The van der Waals surface area contributed by atoms with Gasteiger partial charge in [-0.2, -0.15) is 0 Å². The number of ether oxygens (including phenoxy) is 1. The van der Waals surface area contributed by atoms with Gasteiger partial charge in [0.05, 0.1) is 6.61 Å². The predicted molar refractivity (Wildman–Crippen MR) is 146 cm³/mol. The van der Waals surface area contributed by atoms with E-state index in [-0.39, 0.29) is 17.7 Å². The molecule has 0 aliphatic rings. The van der Waals surface area contributed by atoms with E-state index in [1.807, 2.05) is 97.1 Å². The number of unbranched alkanes of at least 4 members (excludes halogenated alkanes) is 2. The molecule has 0 aliphatic carbocycles. The van der Waals surface area contributed by atoms with Crippen LogP contribution in [0.2, 0.25) is 0 Å². The van der Waals surface area contributed by atoms with E-state index in [4.69, 9.17) is 16.3 Å². The zero-order chi connectivity index (χ0) is 24.2. The van der Waals surface area contributed by atoms with Crippen molar-refractivity contribution >= 4 is 51.4 Å². The van der Waals surface area contributed by atoms with Crippen LogP contribution in [0.3, 0.4) is 0 Å². The average Bonchev–Trinajstić information content (AvgIpc) is 2.88. The van der Waals surface area contributed by atoms with Gasteiger partial charge in [-0.25, -0.2) is 4.79 Å². The van der Waals surface area contributed by atoms with Crippen LogP contribution < -0.4 is 15.9 Å². The molecule has 0 bridgehead atoms. The molecule has 5 heteroatoms. The monoisotopic (exact) mass is 492 g/mol. The molecular weight excluding hydrogens is 463 g/mol. The Balaban J connectivity index is 2.43. The lowest BCUT2D eigenvalue weighted by atomic mass is 10.2. The van der Waals surface area contributed by atoms with Crippen LogP contribution in [-0.4, -0.2) is 29.5 Å². The van der Waals surface area contributed by atoms with Crippen LogP contribution in [0.25, 0.3) is 0 Å². The molecule has 3 aromatic rings. The molecule has 0 spiro atoms. The number of allylic oxidation sites excluding steroid dienone is 2. The number of esters is 1. The highest BCUT2D eigenvalue weighted by molar-refractivity contribution is 7.97. The molecule has 176 valence electrons. The Morgan fingerprint density at radius 3 is 1.68 bits per heavy atom. The van der Waals surface area contributed by atoms with Gasteiger partial charge in [-0.05, 0) is 55.1 Å². The molecule has 0 aromatic heterocycles. The third-order valence-corrected chi connectivity index (χ3v) is 10.1. The van der Waals surface area contributed by atoms with Crippen molar-refractivity contribution in [2.24, 2.45) is 0 Å². The minimum absolute atomic E-state index is 0.187. The molecule has 0 aliphatic heterocycles. The highest BCUT2D eigenvalue weighted by atomic mass is 35.5. The zero-order valence-corrected chi connectivity index (χ0v) is 21.1. The fraction of sp³-hybridized carbons (Fsp3) is 0.207. The van der Waals surface area contributed by atoms with E-state index in [1.165, 1.54) is 6.08 Å². The van der Waals surface area contributed by atoms with Gasteiger partial charge in [-0.15, -0.1) is 11.6 Å². The van der Waals surface area contributed by atoms with Gasteiger partial charge in [0.25, 0.3) is 0 Å². The predicted octanol–water partition coefficient (Wildman–Crippen LogP) is 5.25. The zero-order valence-electron chi connectivity index (χ0n) is 19.4. The van der Waals surface area contributed by atoms with Crippen molar-refractivity contribution in [2.75, 3.05) is 12.5 Å². The number of rotatable bonds is 11. The van der Waals surface area contributed by atoms with E-state index < -0.39 is 12.9 Å². The first-order valence-corrected chi connectivity index (χ1v) is 13.9. The molecule has 0 unspecified atom stereocenters. The summed E-state index contributed by atoms with van der Waals surface area (Å²) in [6.45, 7) is -0.899. The number of ketones is 1. The molecule has 0 atom stereocenters. The first-order chi connectivity index (χ1) is 16.7. The normalized spacial score (nSPS) is 11.4. The van der Waals surface area contributed by atoms with Crippen molar-refractivity contribution in [1.82, 2.24) is 0 Å². The molecule has 0 heterocycles. The average molecular weight is 493 g/mol. The summed E-state index contributed by atoms with van der Waals surface area (Å²) < 4.78 is 5.52. The first kappa shape index (κ1) is 25.7. The second kappa shape index (κ2) is 13.1. The highest BCUT2D eigenvalue weighted by Crippen LogP contribution is 2.46. The largest absolute Gasteiger partial charge is 0.462 e. The fourth-order valence-corrected chi connectivity index (χ4v) is 8.48. The van der Waals surface area contributed by atoms with Gasteiger partial charge < -0.3 is 4.74 Å². The van der Waals surface area contributed by atoms with Gasteiger partial charge >= 0.3 is 5.97 Å². The summed E-state index contributed by atoms with van der Waals surface area (Å²) in [4.78, 5) is 27.4. The molecular formula is C29H30ClO3P. The first-order valence-electron chi connectivity index (χ1n) is 11.5. The van der Waals surface area contributed by atoms with Crippen molar-refractivity contribution in [3.8, 4) is 0 Å². The van der Waals surface area contributed by atoms with Gasteiger partial charge in [-0.3, -0.25) is 4.79 Å². The number of carbonyl (C=O) groups excluding carboxylic acids is 2. The lowest BCUT2D eigenvalue weighted by molar-refractivity contribution is -0.135. The van der Waals surface area contributed by atoms with Crippen LogP contribution in [0.1, 0.15) is 26.2 Å². The number of hydrogen-bond donors (Lipinski definition) is 0. The summed E-state index contributed by atoms with van der Waals surface area (Å²) in [6.07, 6.45) is 5.86. The van der Waals surface area contributed by atoms with Crippen molar-refractivity contribution < 1.29 is 14.3 Å². The number of carbonyl (C=O) groups is 2. The van der Waals surface area contributed by atoms with Crippen LogP contribution in [0.4, 0.5) is 0 Å². The smallest absolute Gasteiger partial charge is 0.343 e. The van der Waals surface area contributed by atoms with E-state index in [9.17, 15) is 9.59 Å². The third kappa shape index (κ3) is 5.78. The van der Waals surface area contributed by atoms with Crippen LogP contribution in [-0.2, 0) is 14.3 Å². The van der Waals surface area contributed by atoms with E-state index in [2.05, 4.69) is 0 Å². The summed E-state index contributed by atoms with van der Waals surface area (Å²) in [5.74, 6) is -0.288. The maximum atomic E-state index is 13.8. The maximum Gasteiger partial charge on any atom is 0.343 e. The third-order valence-electron chi connectivity index (χ3n) is 5.49. The lowest BCUT2D eigenvalue weighted by Crippen LogP contribution is -2.37.